The lowest BCUT2D eigenvalue weighted by Gasteiger charge is -2.35. The number of rotatable bonds is 6. The highest BCUT2D eigenvalue weighted by Gasteiger charge is 2.43. The molecule has 0 aromatic carbocycles. The topological polar surface area (TPSA) is 59.0 Å². The molecular weight excluding hydrogens is 217 g/mol. The molecule has 92 valence electrons. The molecule has 0 saturated heterocycles. The summed E-state index contributed by atoms with van der Waals surface area (Å²) in [6.07, 6.45) is 0. The summed E-state index contributed by atoms with van der Waals surface area (Å²) in [4.78, 5) is 1.92. The Labute approximate surface area is 91.9 Å². The van der Waals surface area contributed by atoms with Crippen molar-refractivity contribution in [2.24, 2.45) is 5.41 Å². The summed E-state index contributed by atoms with van der Waals surface area (Å²) in [5.41, 5.74) is -0.564. The SMILES string of the molecule is COP(=O)(OC)C(O)C(C)(C)CN(C)C. The molecule has 0 fully saturated rings. The molecule has 0 aliphatic carbocycles. The molecule has 1 unspecified atom stereocenters. The zero-order valence-electron chi connectivity index (χ0n) is 10.4. The third-order valence-electron chi connectivity index (χ3n) is 2.23. The van der Waals surface area contributed by atoms with E-state index in [4.69, 9.17) is 9.05 Å². The third kappa shape index (κ3) is 3.85. The molecule has 0 amide bonds. The second-order valence-corrected chi connectivity index (χ2v) is 6.80. The van der Waals surface area contributed by atoms with Gasteiger partial charge in [0.25, 0.3) is 0 Å². The molecule has 1 N–H and O–H groups in total. The van der Waals surface area contributed by atoms with Gasteiger partial charge in [-0.2, -0.15) is 0 Å². The Bertz CT molecular complexity index is 234. The van der Waals surface area contributed by atoms with E-state index in [0.717, 1.165) is 0 Å². The van der Waals surface area contributed by atoms with Gasteiger partial charge in [0.15, 0.2) is 5.85 Å². The van der Waals surface area contributed by atoms with E-state index in [-0.39, 0.29) is 0 Å². The number of hydrogen-bond donors (Lipinski definition) is 1. The molecule has 5 nitrogen and oxygen atoms in total. The van der Waals surface area contributed by atoms with Gasteiger partial charge in [-0.05, 0) is 14.1 Å². The summed E-state index contributed by atoms with van der Waals surface area (Å²) < 4.78 is 21.5. The standard InChI is InChI=1S/C9H22NO4P/c1-9(2,7-10(3)4)8(11)15(12,13-5)14-6/h8,11H,7H2,1-6H3. The van der Waals surface area contributed by atoms with Gasteiger partial charge in [0.05, 0.1) is 0 Å². The van der Waals surface area contributed by atoms with Crippen LogP contribution in [-0.2, 0) is 13.6 Å². The summed E-state index contributed by atoms with van der Waals surface area (Å²) in [6, 6.07) is 0. The van der Waals surface area contributed by atoms with Crippen LogP contribution in [0.1, 0.15) is 13.8 Å². The van der Waals surface area contributed by atoms with Crippen molar-refractivity contribution in [2.45, 2.75) is 19.7 Å². The minimum absolute atomic E-state index is 0.564. The van der Waals surface area contributed by atoms with E-state index in [1.54, 1.807) is 0 Å². The number of nitrogens with zero attached hydrogens (tertiary/aromatic N) is 1. The van der Waals surface area contributed by atoms with Gasteiger partial charge < -0.3 is 19.1 Å². The number of hydrogen-bond acceptors (Lipinski definition) is 5. The van der Waals surface area contributed by atoms with Crippen molar-refractivity contribution in [3.63, 3.8) is 0 Å². The number of aliphatic hydroxyl groups is 1. The Hall–Kier alpha value is 0.0700. The molecule has 0 radical (unpaired) electrons. The normalized spacial score (nSPS) is 15.7. The van der Waals surface area contributed by atoms with Gasteiger partial charge in [0.1, 0.15) is 0 Å². The van der Waals surface area contributed by atoms with E-state index >= 15 is 0 Å². The Morgan fingerprint density at radius 3 is 2.00 bits per heavy atom. The highest BCUT2D eigenvalue weighted by Crippen LogP contribution is 2.56. The largest absolute Gasteiger partial charge is 0.380 e. The van der Waals surface area contributed by atoms with Crippen LogP contribution >= 0.6 is 7.60 Å². The Kier molecular flexibility index (Phi) is 5.44. The Morgan fingerprint density at radius 2 is 1.73 bits per heavy atom. The maximum Gasteiger partial charge on any atom is 0.358 e. The van der Waals surface area contributed by atoms with Crippen LogP contribution in [0.3, 0.4) is 0 Å². The maximum absolute atomic E-state index is 12.0. The zero-order valence-corrected chi connectivity index (χ0v) is 11.2. The van der Waals surface area contributed by atoms with Crippen molar-refractivity contribution in [2.75, 3.05) is 34.9 Å². The van der Waals surface area contributed by atoms with Crippen LogP contribution in [0.5, 0.6) is 0 Å². The highest BCUT2D eigenvalue weighted by atomic mass is 31.2. The summed E-state index contributed by atoms with van der Waals surface area (Å²) in [7, 11) is 2.91. The molecule has 0 aromatic rings. The van der Waals surface area contributed by atoms with Crippen LogP contribution in [0.2, 0.25) is 0 Å². The van der Waals surface area contributed by atoms with Crippen molar-refractivity contribution in [3.05, 3.63) is 0 Å². The first-order valence-electron chi connectivity index (χ1n) is 4.73. The van der Waals surface area contributed by atoms with Crippen molar-refractivity contribution in [1.29, 1.82) is 0 Å². The quantitative estimate of drug-likeness (QED) is 0.709. The lowest BCUT2D eigenvalue weighted by molar-refractivity contribution is 0.0616. The van der Waals surface area contributed by atoms with E-state index in [1.807, 2.05) is 32.8 Å². The molecule has 0 rings (SSSR count). The average molecular weight is 239 g/mol. The fourth-order valence-electron chi connectivity index (χ4n) is 1.60. The first-order valence-corrected chi connectivity index (χ1v) is 6.35. The van der Waals surface area contributed by atoms with Crippen LogP contribution < -0.4 is 0 Å². The van der Waals surface area contributed by atoms with E-state index in [1.165, 1.54) is 14.2 Å². The van der Waals surface area contributed by atoms with E-state index < -0.39 is 18.9 Å². The first kappa shape index (κ1) is 15.1. The predicted octanol–water partition coefficient (Wildman–Crippen LogP) is 1.38. The summed E-state index contributed by atoms with van der Waals surface area (Å²) in [6.45, 7) is 4.23. The molecule has 0 bridgehead atoms. The molecule has 0 aliphatic heterocycles. The van der Waals surface area contributed by atoms with Crippen LogP contribution in [0, 0.1) is 5.41 Å². The van der Waals surface area contributed by atoms with Crippen LogP contribution in [0.15, 0.2) is 0 Å². The fraction of sp³-hybridized carbons (Fsp3) is 1.00. The van der Waals surface area contributed by atoms with Crippen LogP contribution in [-0.4, -0.2) is 50.7 Å². The minimum Gasteiger partial charge on any atom is -0.380 e. The first-order chi connectivity index (χ1) is 6.69. The van der Waals surface area contributed by atoms with Crippen LogP contribution in [0.25, 0.3) is 0 Å². The van der Waals surface area contributed by atoms with E-state index in [2.05, 4.69) is 0 Å². The van der Waals surface area contributed by atoms with Gasteiger partial charge in [-0.25, -0.2) is 0 Å². The monoisotopic (exact) mass is 239 g/mol. The summed E-state index contributed by atoms with van der Waals surface area (Å²) >= 11 is 0. The van der Waals surface area contributed by atoms with Gasteiger partial charge in [0, 0.05) is 26.2 Å². The second-order valence-electron chi connectivity index (χ2n) is 4.51. The third-order valence-corrected chi connectivity index (χ3v) is 4.55. The molecular formula is C9H22NO4P. The second kappa shape index (κ2) is 5.41. The van der Waals surface area contributed by atoms with Gasteiger partial charge in [0.2, 0.25) is 0 Å². The van der Waals surface area contributed by atoms with E-state index in [9.17, 15) is 9.67 Å². The minimum atomic E-state index is -3.42. The van der Waals surface area contributed by atoms with Gasteiger partial charge in [-0.1, -0.05) is 13.8 Å². The van der Waals surface area contributed by atoms with Crippen molar-refractivity contribution in [1.82, 2.24) is 4.90 Å². The lowest BCUT2D eigenvalue weighted by atomic mass is 9.94. The van der Waals surface area contributed by atoms with E-state index in [0.29, 0.717) is 6.54 Å². The van der Waals surface area contributed by atoms with Gasteiger partial charge in [-0.15, -0.1) is 0 Å². The molecule has 0 spiro atoms. The highest BCUT2D eigenvalue weighted by molar-refractivity contribution is 7.54. The molecule has 0 heterocycles. The molecule has 1 atom stereocenters. The van der Waals surface area contributed by atoms with Crippen molar-refractivity contribution < 1.29 is 18.7 Å². The Morgan fingerprint density at radius 1 is 1.33 bits per heavy atom. The average Bonchev–Trinajstić information content (AvgIpc) is 2.13. The maximum atomic E-state index is 12.0. The smallest absolute Gasteiger partial charge is 0.358 e. The fourth-order valence-corrected chi connectivity index (χ4v) is 3.09. The zero-order chi connectivity index (χ0) is 12.3. The molecule has 0 saturated carbocycles. The van der Waals surface area contributed by atoms with Crippen molar-refractivity contribution >= 4 is 7.60 Å². The lowest BCUT2D eigenvalue weighted by Crippen LogP contribution is -2.39. The summed E-state index contributed by atoms with van der Waals surface area (Å²) in [5.74, 6) is -1.14. The molecule has 0 aliphatic rings. The number of aliphatic hydroxyl groups excluding tert-OH is 1. The molecule has 15 heavy (non-hydrogen) atoms. The Balaban J connectivity index is 4.81. The van der Waals surface area contributed by atoms with Crippen molar-refractivity contribution in [3.8, 4) is 0 Å². The van der Waals surface area contributed by atoms with Gasteiger partial charge in [-0.3, -0.25) is 4.57 Å². The van der Waals surface area contributed by atoms with Gasteiger partial charge >= 0.3 is 7.60 Å². The predicted molar refractivity (Wildman–Crippen MR) is 60.0 cm³/mol. The molecule has 6 heteroatoms. The van der Waals surface area contributed by atoms with Crippen LogP contribution in [0.4, 0.5) is 0 Å². The summed E-state index contributed by atoms with van der Waals surface area (Å²) in [5, 5.41) is 10.0. The molecule has 0 aromatic heterocycles.